The molecule has 5 nitrogen and oxygen atoms in total. The third-order valence-corrected chi connectivity index (χ3v) is 8.18. The molecule has 4 aliphatic carbocycles. The number of amides is 1. The normalized spacial score (nSPS) is 28.7. The van der Waals surface area contributed by atoms with Crippen LogP contribution in [0.3, 0.4) is 0 Å². The Morgan fingerprint density at radius 1 is 1.03 bits per heavy atom. The number of hydrogen-bond acceptors (Lipinski definition) is 4. The molecule has 170 valence electrons. The summed E-state index contributed by atoms with van der Waals surface area (Å²) in [7, 11) is 0. The molecule has 33 heavy (non-hydrogen) atoms. The molecule has 0 aromatic heterocycles. The summed E-state index contributed by atoms with van der Waals surface area (Å²) in [5.74, 6) is 2.17. The fourth-order valence-electron chi connectivity index (χ4n) is 6.92. The number of nitriles is 1. The standard InChI is InChI=1S/C28H32N4O/c1-19(28-14-20-11-21(15-28)13-22(12-20)16-28)31-27(33)23(17-29)18-32(25-5-3-2-4-6-25)26-9-7-24(30)8-10-26/h2-10,18-22H,11-16,30H2,1H3,(H,31,33)/b23-18-. The van der Waals surface area contributed by atoms with E-state index in [2.05, 4.69) is 18.3 Å². The molecule has 1 atom stereocenters. The lowest BCUT2D eigenvalue weighted by Gasteiger charge is -2.59. The van der Waals surface area contributed by atoms with Crippen molar-refractivity contribution in [1.82, 2.24) is 5.32 Å². The Hall–Kier alpha value is -3.26. The summed E-state index contributed by atoms with van der Waals surface area (Å²) >= 11 is 0. The van der Waals surface area contributed by atoms with Crippen molar-refractivity contribution in [3.8, 4) is 6.07 Å². The first-order chi connectivity index (χ1) is 16.0. The number of anilines is 3. The van der Waals surface area contributed by atoms with Crippen molar-refractivity contribution in [3.63, 3.8) is 0 Å². The van der Waals surface area contributed by atoms with Crippen LogP contribution in [0.1, 0.15) is 45.4 Å². The maximum absolute atomic E-state index is 13.3. The fraction of sp³-hybridized carbons (Fsp3) is 0.429. The molecular weight excluding hydrogens is 408 g/mol. The van der Waals surface area contributed by atoms with Crippen LogP contribution in [0.2, 0.25) is 0 Å². The van der Waals surface area contributed by atoms with Crippen LogP contribution in [0.5, 0.6) is 0 Å². The van der Waals surface area contributed by atoms with Gasteiger partial charge < -0.3 is 16.0 Å². The van der Waals surface area contributed by atoms with Gasteiger partial charge in [-0.05, 0) is 105 Å². The lowest BCUT2D eigenvalue weighted by Crippen LogP contribution is -2.56. The Balaban J connectivity index is 1.39. The molecular formula is C28H32N4O. The maximum Gasteiger partial charge on any atom is 0.263 e. The van der Waals surface area contributed by atoms with E-state index in [4.69, 9.17) is 5.73 Å². The average molecular weight is 441 g/mol. The molecule has 0 saturated heterocycles. The fourth-order valence-corrected chi connectivity index (χ4v) is 6.92. The highest BCUT2D eigenvalue weighted by molar-refractivity contribution is 5.98. The first-order valence-electron chi connectivity index (χ1n) is 12.1. The van der Waals surface area contributed by atoms with Crippen LogP contribution in [-0.2, 0) is 4.79 Å². The zero-order valence-electron chi connectivity index (χ0n) is 19.2. The van der Waals surface area contributed by atoms with Gasteiger partial charge in [-0.15, -0.1) is 0 Å². The number of nitrogens with zero attached hydrogens (tertiary/aromatic N) is 2. The summed E-state index contributed by atoms with van der Waals surface area (Å²) in [6.45, 7) is 2.15. The monoisotopic (exact) mass is 440 g/mol. The number of nitrogens with two attached hydrogens (primary N) is 1. The summed E-state index contributed by atoms with van der Waals surface area (Å²) in [4.78, 5) is 15.1. The maximum atomic E-state index is 13.3. The second-order valence-electron chi connectivity index (χ2n) is 10.4. The highest BCUT2D eigenvalue weighted by atomic mass is 16.1. The Morgan fingerprint density at radius 2 is 1.58 bits per heavy atom. The molecule has 4 fully saturated rings. The van der Waals surface area contributed by atoms with Crippen molar-refractivity contribution in [3.05, 3.63) is 66.4 Å². The van der Waals surface area contributed by atoms with E-state index in [1.54, 1.807) is 6.20 Å². The first-order valence-corrected chi connectivity index (χ1v) is 12.1. The molecule has 2 aromatic rings. The third-order valence-electron chi connectivity index (χ3n) is 8.18. The van der Waals surface area contributed by atoms with Crippen molar-refractivity contribution in [2.75, 3.05) is 10.6 Å². The van der Waals surface area contributed by atoms with Gasteiger partial charge in [0.05, 0.1) is 0 Å². The minimum absolute atomic E-state index is 0.0665. The van der Waals surface area contributed by atoms with Crippen LogP contribution < -0.4 is 16.0 Å². The van der Waals surface area contributed by atoms with E-state index in [0.717, 1.165) is 29.1 Å². The summed E-state index contributed by atoms with van der Waals surface area (Å²) < 4.78 is 0. The Labute approximate surface area is 196 Å². The van der Waals surface area contributed by atoms with Gasteiger partial charge in [0, 0.05) is 29.3 Å². The summed E-state index contributed by atoms with van der Waals surface area (Å²) in [5, 5.41) is 13.1. The van der Waals surface area contributed by atoms with Crippen LogP contribution in [0.25, 0.3) is 0 Å². The zero-order chi connectivity index (χ0) is 23.0. The molecule has 4 aliphatic rings. The minimum Gasteiger partial charge on any atom is -0.399 e. The van der Waals surface area contributed by atoms with E-state index >= 15 is 0 Å². The van der Waals surface area contributed by atoms with Gasteiger partial charge in [0.2, 0.25) is 0 Å². The molecule has 0 aliphatic heterocycles. The van der Waals surface area contributed by atoms with E-state index in [9.17, 15) is 10.1 Å². The highest BCUT2D eigenvalue weighted by Crippen LogP contribution is 2.61. The topological polar surface area (TPSA) is 82.2 Å². The van der Waals surface area contributed by atoms with Crippen molar-refractivity contribution in [2.45, 2.75) is 51.5 Å². The molecule has 1 amide bonds. The van der Waals surface area contributed by atoms with E-state index in [1.165, 1.54) is 38.5 Å². The van der Waals surface area contributed by atoms with E-state index in [-0.39, 0.29) is 22.9 Å². The van der Waals surface area contributed by atoms with Crippen LogP contribution in [0.15, 0.2) is 66.4 Å². The van der Waals surface area contributed by atoms with Crippen LogP contribution in [0.4, 0.5) is 17.1 Å². The van der Waals surface area contributed by atoms with Crippen LogP contribution in [-0.4, -0.2) is 11.9 Å². The quantitative estimate of drug-likeness (QED) is 0.351. The van der Waals surface area contributed by atoms with Gasteiger partial charge in [-0.2, -0.15) is 5.26 Å². The lowest BCUT2D eigenvalue weighted by molar-refractivity contribution is -0.122. The van der Waals surface area contributed by atoms with Gasteiger partial charge in [0.15, 0.2) is 0 Å². The molecule has 3 N–H and O–H groups in total. The predicted octanol–water partition coefficient (Wildman–Crippen LogP) is 5.54. The molecule has 0 radical (unpaired) electrons. The molecule has 4 bridgehead atoms. The molecule has 1 unspecified atom stereocenters. The molecule has 2 aromatic carbocycles. The first kappa shape index (κ1) is 21.6. The second kappa shape index (κ2) is 8.59. The third kappa shape index (κ3) is 4.23. The second-order valence-corrected chi connectivity index (χ2v) is 10.4. The van der Waals surface area contributed by atoms with Gasteiger partial charge >= 0.3 is 0 Å². The van der Waals surface area contributed by atoms with Gasteiger partial charge in [-0.25, -0.2) is 0 Å². The predicted molar refractivity (Wildman–Crippen MR) is 131 cm³/mol. The SMILES string of the molecule is CC(NC(=O)/C(C#N)=C\N(c1ccccc1)c1ccc(N)cc1)C12CC3CC(CC(C3)C1)C2. The Kier molecular flexibility index (Phi) is 5.62. The summed E-state index contributed by atoms with van der Waals surface area (Å²) in [6.07, 6.45) is 9.40. The zero-order valence-corrected chi connectivity index (χ0v) is 19.2. The summed E-state index contributed by atoms with van der Waals surface area (Å²) in [6, 6.07) is 19.4. The average Bonchev–Trinajstić information content (AvgIpc) is 2.80. The van der Waals surface area contributed by atoms with Crippen molar-refractivity contribution in [2.24, 2.45) is 23.2 Å². The van der Waals surface area contributed by atoms with Crippen molar-refractivity contribution in [1.29, 1.82) is 5.26 Å². The van der Waals surface area contributed by atoms with Gasteiger partial charge in [-0.3, -0.25) is 4.79 Å². The lowest BCUT2D eigenvalue weighted by atomic mass is 9.48. The smallest absolute Gasteiger partial charge is 0.263 e. The van der Waals surface area contributed by atoms with Gasteiger partial charge in [0.25, 0.3) is 5.91 Å². The molecule has 4 saturated carbocycles. The number of hydrogen-bond donors (Lipinski definition) is 2. The number of para-hydroxylation sites is 1. The van der Waals surface area contributed by atoms with Crippen molar-refractivity contribution < 1.29 is 4.79 Å². The largest absolute Gasteiger partial charge is 0.399 e. The molecule has 0 heterocycles. The van der Waals surface area contributed by atoms with Crippen molar-refractivity contribution >= 4 is 23.0 Å². The molecule has 0 spiro atoms. The van der Waals surface area contributed by atoms with Crippen LogP contribution in [0, 0.1) is 34.5 Å². The van der Waals surface area contributed by atoms with E-state index in [1.807, 2.05) is 59.5 Å². The van der Waals surface area contributed by atoms with Crippen LogP contribution >= 0.6 is 0 Å². The molecule has 6 rings (SSSR count). The Bertz CT molecular complexity index is 1050. The summed E-state index contributed by atoms with van der Waals surface area (Å²) in [5.41, 5.74) is 8.54. The molecule has 5 heteroatoms. The van der Waals surface area contributed by atoms with Gasteiger partial charge in [-0.1, -0.05) is 18.2 Å². The number of benzene rings is 2. The van der Waals surface area contributed by atoms with Gasteiger partial charge in [0.1, 0.15) is 11.6 Å². The number of carbonyl (C=O) groups excluding carboxylic acids is 1. The number of nitrogen functional groups attached to an aromatic ring is 1. The van der Waals surface area contributed by atoms with E-state index in [0.29, 0.717) is 5.69 Å². The Morgan fingerprint density at radius 3 is 2.12 bits per heavy atom. The minimum atomic E-state index is -0.294. The number of rotatable bonds is 6. The highest BCUT2D eigenvalue weighted by Gasteiger charge is 2.53. The number of carbonyl (C=O) groups is 1. The number of nitrogens with one attached hydrogen (secondary N) is 1. The van der Waals surface area contributed by atoms with E-state index < -0.39 is 0 Å².